The minimum atomic E-state index is -1.57. The largest absolute Gasteiger partial charge is 0.411 e. The maximum Gasteiger partial charge on any atom is 0.210 e. The van der Waals surface area contributed by atoms with Crippen LogP contribution in [0.15, 0.2) is 12.3 Å². The highest BCUT2D eigenvalue weighted by Gasteiger charge is 2.20. The van der Waals surface area contributed by atoms with Crippen molar-refractivity contribution in [2.45, 2.75) is 97.3 Å². The van der Waals surface area contributed by atoms with Crippen molar-refractivity contribution in [1.82, 2.24) is 0 Å². The van der Waals surface area contributed by atoms with E-state index < -0.39 is 8.32 Å². The van der Waals surface area contributed by atoms with Crippen LogP contribution in [0.4, 0.5) is 0 Å². The molecule has 0 aliphatic heterocycles. The Bertz CT molecular complexity index is 213. The Morgan fingerprint density at radius 1 is 0.947 bits per heavy atom. The predicted molar refractivity (Wildman–Crippen MR) is 90.1 cm³/mol. The van der Waals surface area contributed by atoms with Gasteiger partial charge in [0.15, 0.2) is 0 Å². The molecule has 0 aliphatic rings. The van der Waals surface area contributed by atoms with Gasteiger partial charge < -0.3 is 4.43 Å². The molecule has 0 spiro atoms. The first-order valence-corrected chi connectivity index (χ1v) is 11.3. The zero-order valence-electron chi connectivity index (χ0n) is 13.8. The normalized spacial score (nSPS) is 13.5. The van der Waals surface area contributed by atoms with Gasteiger partial charge in [0.1, 0.15) is 0 Å². The third kappa shape index (κ3) is 12.7. The summed E-state index contributed by atoms with van der Waals surface area (Å²) in [7, 11) is -1.57. The zero-order chi connectivity index (χ0) is 14.6. The minimum absolute atomic E-state index is 0.407. The van der Waals surface area contributed by atoms with Gasteiger partial charge in [-0.3, -0.25) is 0 Å². The Balaban J connectivity index is 3.32. The van der Waals surface area contributed by atoms with Gasteiger partial charge in [0.2, 0.25) is 8.32 Å². The Kier molecular flexibility index (Phi) is 11.7. The minimum Gasteiger partial charge on any atom is -0.411 e. The molecule has 0 radical (unpaired) electrons. The molecule has 114 valence electrons. The van der Waals surface area contributed by atoms with E-state index in [9.17, 15) is 0 Å². The summed E-state index contributed by atoms with van der Waals surface area (Å²) in [5.41, 5.74) is 2.03. The van der Waals surface area contributed by atoms with E-state index in [1.165, 1.54) is 64.2 Å². The molecule has 0 saturated carbocycles. The second-order valence-corrected chi connectivity index (χ2v) is 10.2. The first-order valence-electron chi connectivity index (χ1n) is 8.33. The molecule has 0 bridgehead atoms. The first kappa shape index (κ1) is 18.9. The quantitative estimate of drug-likeness (QED) is 0.287. The van der Waals surface area contributed by atoms with Crippen molar-refractivity contribution in [3.8, 4) is 0 Å². The van der Waals surface area contributed by atoms with Gasteiger partial charge in [-0.05, 0) is 26.4 Å². The molecule has 2 heteroatoms. The van der Waals surface area contributed by atoms with Crippen molar-refractivity contribution >= 4 is 8.32 Å². The van der Waals surface area contributed by atoms with Gasteiger partial charge in [-0.15, -0.1) is 6.58 Å². The van der Waals surface area contributed by atoms with Crippen LogP contribution in [0.1, 0.15) is 78.1 Å². The fourth-order valence-corrected chi connectivity index (χ4v) is 3.62. The lowest BCUT2D eigenvalue weighted by Crippen LogP contribution is -2.32. The Morgan fingerprint density at radius 3 is 1.89 bits per heavy atom. The van der Waals surface area contributed by atoms with Crippen LogP contribution in [-0.4, -0.2) is 14.4 Å². The van der Waals surface area contributed by atoms with Crippen LogP contribution in [0.3, 0.4) is 0 Å². The first-order chi connectivity index (χ1) is 9.02. The van der Waals surface area contributed by atoms with Gasteiger partial charge in [-0.1, -0.05) is 70.4 Å². The van der Waals surface area contributed by atoms with Crippen molar-refractivity contribution in [3.05, 3.63) is 12.3 Å². The summed E-state index contributed by atoms with van der Waals surface area (Å²) in [4.78, 5) is 0. The van der Waals surface area contributed by atoms with Gasteiger partial charge in [-0.2, -0.15) is 0 Å². The Hall–Kier alpha value is -0.0831. The summed E-state index contributed by atoms with van der Waals surface area (Å²) in [6.07, 6.45) is 14.2. The molecule has 19 heavy (non-hydrogen) atoms. The van der Waals surface area contributed by atoms with Crippen molar-refractivity contribution in [2.24, 2.45) is 0 Å². The van der Waals surface area contributed by atoms with E-state index in [4.69, 9.17) is 4.43 Å². The molecular weight excluding hydrogens is 248 g/mol. The Labute approximate surface area is 123 Å². The van der Waals surface area contributed by atoms with Crippen LogP contribution >= 0.6 is 0 Å². The molecule has 1 nitrogen and oxygen atoms in total. The van der Waals surface area contributed by atoms with E-state index in [1.54, 1.807) is 0 Å². The fourth-order valence-electron chi connectivity index (χ4n) is 2.37. The number of hydrogen-bond acceptors (Lipinski definition) is 1. The molecule has 0 aromatic heterocycles. The third-order valence-electron chi connectivity index (χ3n) is 3.71. The molecular formula is C17H36OSi. The topological polar surface area (TPSA) is 9.23 Å². The summed E-state index contributed by atoms with van der Waals surface area (Å²) >= 11 is 0. The van der Waals surface area contributed by atoms with Gasteiger partial charge in [0, 0.05) is 6.10 Å². The molecule has 0 heterocycles. The second kappa shape index (κ2) is 11.7. The monoisotopic (exact) mass is 284 g/mol. The maximum atomic E-state index is 6.08. The molecule has 0 aromatic rings. The van der Waals surface area contributed by atoms with Crippen molar-refractivity contribution in [2.75, 3.05) is 0 Å². The maximum absolute atomic E-state index is 6.08. The van der Waals surface area contributed by atoms with Gasteiger partial charge in [-0.25, -0.2) is 0 Å². The van der Waals surface area contributed by atoms with E-state index in [1.807, 2.05) is 5.70 Å². The predicted octanol–water partition coefficient (Wildman–Crippen LogP) is 6.24. The molecule has 0 N–H and O–H groups in total. The van der Waals surface area contributed by atoms with E-state index >= 15 is 0 Å². The SMILES string of the molecule is C=C[Si](C)(C)OC(C)CCCCCCCCCCC. The van der Waals surface area contributed by atoms with E-state index in [-0.39, 0.29) is 0 Å². The standard InChI is InChI=1S/C17H36OSi/c1-6-8-9-10-11-12-13-14-15-16-17(3)18-19(4,5)7-2/h7,17H,2,6,8-16H2,1,3-5H3. The number of unbranched alkanes of at least 4 members (excludes halogenated alkanes) is 8. The van der Waals surface area contributed by atoms with E-state index in [0.29, 0.717) is 6.10 Å². The van der Waals surface area contributed by atoms with Gasteiger partial charge in [0.05, 0.1) is 0 Å². The van der Waals surface area contributed by atoms with Crippen molar-refractivity contribution in [3.63, 3.8) is 0 Å². The lowest BCUT2D eigenvalue weighted by atomic mass is 10.1. The van der Waals surface area contributed by atoms with Crippen LogP contribution in [0.5, 0.6) is 0 Å². The highest BCUT2D eigenvalue weighted by Crippen LogP contribution is 2.15. The summed E-state index contributed by atoms with van der Waals surface area (Å²) in [5, 5.41) is 0. The molecule has 1 atom stereocenters. The van der Waals surface area contributed by atoms with Crippen LogP contribution in [0, 0.1) is 0 Å². The zero-order valence-corrected chi connectivity index (χ0v) is 14.8. The van der Waals surface area contributed by atoms with Crippen LogP contribution in [-0.2, 0) is 4.43 Å². The van der Waals surface area contributed by atoms with Crippen LogP contribution in [0.25, 0.3) is 0 Å². The average molecular weight is 285 g/mol. The summed E-state index contributed by atoms with van der Waals surface area (Å²) < 4.78 is 6.08. The number of rotatable bonds is 13. The molecule has 0 saturated heterocycles. The molecule has 0 aromatic carbocycles. The molecule has 0 rings (SSSR count). The van der Waals surface area contributed by atoms with Crippen molar-refractivity contribution in [1.29, 1.82) is 0 Å². The Morgan fingerprint density at radius 2 is 1.42 bits per heavy atom. The molecule has 0 fully saturated rings. The average Bonchev–Trinajstić information content (AvgIpc) is 2.36. The fraction of sp³-hybridized carbons (Fsp3) is 0.882. The lowest BCUT2D eigenvalue weighted by molar-refractivity contribution is 0.201. The van der Waals surface area contributed by atoms with Crippen molar-refractivity contribution < 1.29 is 4.43 Å². The van der Waals surface area contributed by atoms with E-state index in [0.717, 1.165) is 0 Å². The molecule has 1 unspecified atom stereocenters. The summed E-state index contributed by atoms with van der Waals surface area (Å²) in [6, 6.07) is 0. The van der Waals surface area contributed by atoms with Crippen LogP contribution in [0.2, 0.25) is 13.1 Å². The highest BCUT2D eigenvalue weighted by molar-refractivity contribution is 6.76. The second-order valence-electron chi connectivity index (χ2n) is 6.35. The highest BCUT2D eigenvalue weighted by atomic mass is 28.4. The molecule has 0 amide bonds. The van der Waals surface area contributed by atoms with E-state index in [2.05, 4.69) is 33.5 Å². The van der Waals surface area contributed by atoms with Gasteiger partial charge >= 0.3 is 0 Å². The third-order valence-corrected chi connectivity index (χ3v) is 5.70. The molecule has 0 aliphatic carbocycles. The van der Waals surface area contributed by atoms with Gasteiger partial charge in [0.25, 0.3) is 0 Å². The summed E-state index contributed by atoms with van der Waals surface area (Å²) in [5.74, 6) is 0. The summed E-state index contributed by atoms with van der Waals surface area (Å²) in [6.45, 7) is 12.8. The number of hydrogen-bond donors (Lipinski definition) is 0. The smallest absolute Gasteiger partial charge is 0.210 e. The van der Waals surface area contributed by atoms with Crippen LogP contribution < -0.4 is 0 Å². The lowest BCUT2D eigenvalue weighted by Gasteiger charge is -2.24.